The summed E-state index contributed by atoms with van der Waals surface area (Å²) in [7, 11) is 1.53. The smallest absolute Gasteiger partial charge is 0.227 e. The van der Waals surface area contributed by atoms with E-state index in [2.05, 4.69) is 32.7 Å². The summed E-state index contributed by atoms with van der Waals surface area (Å²) >= 11 is 0. The van der Waals surface area contributed by atoms with Crippen molar-refractivity contribution >= 4 is 11.5 Å². The second kappa shape index (κ2) is 9.00. The van der Waals surface area contributed by atoms with Crippen LogP contribution in [0.5, 0.6) is 0 Å². The quantitative estimate of drug-likeness (QED) is 0.479. The Morgan fingerprint density at radius 3 is 2.60 bits per heavy atom. The van der Waals surface area contributed by atoms with E-state index in [-0.39, 0.29) is 17.7 Å². The first kappa shape index (κ1) is 20.0. The highest BCUT2D eigenvalue weighted by Crippen LogP contribution is 2.25. The fourth-order valence-electron chi connectivity index (χ4n) is 3.83. The van der Waals surface area contributed by atoms with Gasteiger partial charge in [-0.15, -0.1) is 0 Å². The minimum absolute atomic E-state index is 0.0432. The largest absolute Gasteiger partial charge is 0.399 e. The number of ketones is 1. The van der Waals surface area contributed by atoms with Crippen molar-refractivity contribution in [3.63, 3.8) is 0 Å². The van der Waals surface area contributed by atoms with Crippen LogP contribution in [0.4, 0.5) is 0 Å². The summed E-state index contributed by atoms with van der Waals surface area (Å²) in [6.45, 7) is 2.36. The maximum Gasteiger partial charge on any atom is 0.227 e. The predicted octanol–water partition coefficient (Wildman–Crippen LogP) is 3.45. The lowest BCUT2D eigenvalue weighted by Gasteiger charge is -2.21. The van der Waals surface area contributed by atoms with Gasteiger partial charge < -0.3 is 14.7 Å². The van der Waals surface area contributed by atoms with E-state index in [1.807, 2.05) is 42.5 Å². The van der Waals surface area contributed by atoms with Crippen LogP contribution in [0.25, 0.3) is 11.1 Å². The highest BCUT2D eigenvalue weighted by molar-refractivity contribution is 6.00. The number of carbonyl (C=O) groups excluding carboxylic acids is 1. The first-order chi connectivity index (χ1) is 14.6. The van der Waals surface area contributed by atoms with Gasteiger partial charge in [-0.2, -0.15) is 4.98 Å². The average Bonchev–Trinajstić information content (AvgIpc) is 3.41. The summed E-state index contributed by atoms with van der Waals surface area (Å²) in [6, 6.07) is 17.8. The number of aromatic nitrogens is 2. The van der Waals surface area contributed by atoms with Crippen molar-refractivity contribution < 1.29 is 14.2 Å². The maximum absolute atomic E-state index is 13.5. The normalized spacial score (nSPS) is 18.5. The number of nitrogens with one attached hydrogen (secondary N) is 1. The number of hydrogen-bond donors (Lipinski definition) is 1. The minimum Gasteiger partial charge on any atom is -0.399 e. The van der Waals surface area contributed by atoms with Gasteiger partial charge in [-0.3, -0.25) is 4.79 Å². The van der Waals surface area contributed by atoms with Gasteiger partial charge in [0.2, 0.25) is 5.89 Å². The molecule has 7 nitrogen and oxygen atoms in total. The molecule has 1 N–H and O–H groups in total. The number of aryl methyl sites for hydroxylation is 1. The fourth-order valence-corrected chi connectivity index (χ4v) is 3.83. The summed E-state index contributed by atoms with van der Waals surface area (Å²) in [6.07, 6.45) is 1.01. The molecule has 1 aliphatic rings. The van der Waals surface area contributed by atoms with Gasteiger partial charge in [-0.25, -0.2) is 0 Å². The van der Waals surface area contributed by atoms with Crippen LogP contribution in [0.1, 0.15) is 28.5 Å². The molecule has 0 spiro atoms. The van der Waals surface area contributed by atoms with Crippen molar-refractivity contribution in [2.75, 3.05) is 13.7 Å². The van der Waals surface area contributed by atoms with Crippen molar-refractivity contribution in [2.24, 2.45) is 11.1 Å². The van der Waals surface area contributed by atoms with E-state index in [4.69, 9.17) is 9.36 Å². The number of hydrogen-bond acceptors (Lipinski definition) is 7. The highest BCUT2D eigenvalue weighted by atomic mass is 16.6. The average molecular weight is 404 g/mol. The van der Waals surface area contributed by atoms with Crippen LogP contribution in [-0.2, 0) is 11.3 Å². The van der Waals surface area contributed by atoms with Crippen LogP contribution in [0.15, 0.2) is 64.3 Å². The fraction of sp³-hybridized carbons (Fsp3) is 0.304. The molecule has 2 heterocycles. The van der Waals surface area contributed by atoms with Crippen LogP contribution in [0.2, 0.25) is 0 Å². The standard InChI is InChI=1S/C23H24N4O3/c1-15-25-22(30-26-15)13-20(21-12-19(14-24-21)27-29-2)23(28)18-10-8-17(9-11-18)16-6-4-3-5-7-16/h3-11,20-21,24H,12-14H2,1-2H3/b27-19+/t20-,21?/m1/s1. The SMILES string of the molecule is CO/N=C1/CNC([C@@H](Cc2nc(C)no2)C(=O)c2ccc(-c3ccccc3)cc2)C1. The second-order valence-electron chi connectivity index (χ2n) is 7.39. The van der Waals surface area contributed by atoms with Crippen molar-refractivity contribution in [1.82, 2.24) is 15.5 Å². The molecule has 2 atom stereocenters. The molecule has 2 aromatic carbocycles. The van der Waals surface area contributed by atoms with E-state index < -0.39 is 0 Å². The van der Waals surface area contributed by atoms with Crippen LogP contribution >= 0.6 is 0 Å². The van der Waals surface area contributed by atoms with Crippen LogP contribution in [-0.4, -0.2) is 41.3 Å². The monoisotopic (exact) mass is 404 g/mol. The van der Waals surface area contributed by atoms with E-state index in [9.17, 15) is 4.79 Å². The number of carbonyl (C=O) groups is 1. The third-order valence-corrected chi connectivity index (χ3v) is 5.31. The Morgan fingerprint density at radius 2 is 1.93 bits per heavy atom. The van der Waals surface area contributed by atoms with E-state index in [0.717, 1.165) is 16.8 Å². The van der Waals surface area contributed by atoms with Crippen LogP contribution in [0, 0.1) is 12.8 Å². The van der Waals surface area contributed by atoms with Crippen LogP contribution in [0.3, 0.4) is 0 Å². The van der Waals surface area contributed by atoms with Gasteiger partial charge in [0, 0.05) is 36.9 Å². The third kappa shape index (κ3) is 4.46. The van der Waals surface area contributed by atoms with Gasteiger partial charge >= 0.3 is 0 Å². The zero-order chi connectivity index (χ0) is 20.9. The molecule has 1 saturated heterocycles. The molecule has 30 heavy (non-hydrogen) atoms. The minimum atomic E-state index is -0.350. The van der Waals surface area contributed by atoms with E-state index in [1.54, 1.807) is 6.92 Å². The van der Waals surface area contributed by atoms with Gasteiger partial charge in [0.1, 0.15) is 7.11 Å². The predicted molar refractivity (Wildman–Crippen MR) is 113 cm³/mol. The van der Waals surface area contributed by atoms with Gasteiger partial charge in [0.15, 0.2) is 11.6 Å². The molecule has 154 valence electrons. The Balaban J connectivity index is 1.58. The lowest BCUT2D eigenvalue weighted by atomic mass is 9.86. The molecular weight excluding hydrogens is 380 g/mol. The second-order valence-corrected chi connectivity index (χ2v) is 7.39. The number of Topliss-reactive ketones (excluding diaryl/α,β-unsaturated/α-hetero) is 1. The molecule has 1 fully saturated rings. The lowest BCUT2D eigenvalue weighted by Crippen LogP contribution is -2.37. The van der Waals surface area contributed by atoms with E-state index in [1.165, 1.54) is 7.11 Å². The highest BCUT2D eigenvalue weighted by Gasteiger charge is 2.35. The summed E-state index contributed by atoms with van der Waals surface area (Å²) in [5.74, 6) is 0.716. The number of oxime groups is 1. The topological polar surface area (TPSA) is 89.6 Å². The Morgan fingerprint density at radius 1 is 1.20 bits per heavy atom. The number of benzene rings is 2. The Bertz CT molecular complexity index is 1030. The van der Waals surface area contributed by atoms with Gasteiger partial charge in [0.05, 0.1) is 5.71 Å². The molecule has 0 radical (unpaired) electrons. The molecule has 7 heteroatoms. The lowest BCUT2D eigenvalue weighted by molar-refractivity contribution is 0.0887. The first-order valence-corrected chi connectivity index (χ1v) is 9.95. The van der Waals surface area contributed by atoms with Crippen molar-refractivity contribution in [1.29, 1.82) is 0 Å². The van der Waals surface area contributed by atoms with E-state index >= 15 is 0 Å². The zero-order valence-electron chi connectivity index (χ0n) is 17.0. The van der Waals surface area contributed by atoms with Gasteiger partial charge in [-0.1, -0.05) is 64.9 Å². The molecule has 3 aromatic rings. The Kier molecular flexibility index (Phi) is 5.99. The Hall–Kier alpha value is -3.32. The zero-order valence-corrected chi connectivity index (χ0v) is 17.0. The van der Waals surface area contributed by atoms with Crippen molar-refractivity contribution in [3.05, 3.63) is 71.9 Å². The summed E-state index contributed by atoms with van der Waals surface area (Å²) in [5, 5.41) is 11.3. The van der Waals surface area contributed by atoms with Crippen molar-refractivity contribution in [3.8, 4) is 11.1 Å². The molecule has 1 aliphatic heterocycles. The summed E-state index contributed by atoms with van der Waals surface area (Å²) < 4.78 is 5.30. The number of nitrogens with zero attached hydrogens (tertiary/aromatic N) is 3. The third-order valence-electron chi connectivity index (χ3n) is 5.31. The van der Waals surface area contributed by atoms with Crippen molar-refractivity contribution in [2.45, 2.75) is 25.8 Å². The molecular formula is C23H24N4O3. The molecule has 0 aliphatic carbocycles. The molecule has 1 aromatic heterocycles. The Labute approximate surface area is 175 Å². The van der Waals surface area contributed by atoms with E-state index in [0.29, 0.717) is 36.7 Å². The van der Waals surface area contributed by atoms with Crippen LogP contribution < -0.4 is 5.32 Å². The first-order valence-electron chi connectivity index (χ1n) is 9.95. The molecule has 0 bridgehead atoms. The van der Waals surface area contributed by atoms with Gasteiger partial charge in [0.25, 0.3) is 0 Å². The van der Waals surface area contributed by atoms with Gasteiger partial charge in [-0.05, 0) is 18.1 Å². The molecule has 4 rings (SSSR count). The number of rotatable bonds is 7. The maximum atomic E-state index is 13.5. The molecule has 0 amide bonds. The summed E-state index contributed by atoms with van der Waals surface area (Å²) in [4.78, 5) is 22.6. The molecule has 1 unspecified atom stereocenters. The summed E-state index contributed by atoms with van der Waals surface area (Å²) in [5.41, 5.74) is 3.74. The molecule has 0 saturated carbocycles.